The van der Waals surface area contributed by atoms with Crippen LogP contribution in [-0.2, 0) is 4.79 Å². The third-order valence-electron chi connectivity index (χ3n) is 4.48. The van der Waals surface area contributed by atoms with Crippen LogP contribution in [0.25, 0.3) is 0 Å². The Morgan fingerprint density at radius 2 is 1.84 bits per heavy atom. The fourth-order valence-corrected chi connectivity index (χ4v) is 2.87. The second kappa shape index (κ2) is 7.53. The maximum Gasteiger partial charge on any atom is 0.243 e. The van der Waals surface area contributed by atoms with Crippen LogP contribution in [0.3, 0.4) is 0 Å². The second-order valence-corrected chi connectivity index (χ2v) is 5.97. The van der Waals surface area contributed by atoms with Crippen LogP contribution in [0.4, 0.5) is 0 Å². The fraction of sp³-hybridized carbons (Fsp3) is 0.875. The Morgan fingerprint density at radius 3 is 2.26 bits per heavy atom. The van der Waals surface area contributed by atoms with E-state index >= 15 is 0 Å². The molecule has 0 aromatic carbocycles. The molecule has 0 heterocycles. The van der Waals surface area contributed by atoms with E-state index in [4.69, 9.17) is 0 Å². The number of nitrogens with zero attached hydrogens (tertiary/aromatic N) is 2. The molecule has 0 radical (unpaired) electrons. The fourth-order valence-electron chi connectivity index (χ4n) is 2.87. The molecule has 0 bridgehead atoms. The topological polar surface area (TPSA) is 44.1 Å². The number of hydrogen-bond donors (Lipinski definition) is 0. The number of nitriles is 1. The zero-order chi connectivity index (χ0) is 14.3. The van der Waals surface area contributed by atoms with Crippen molar-refractivity contribution in [1.82, 2.24) is 4.90 Å². The number of rotatable bonds is 5. The van der Waals surface area contributed by atoms with E-state index < -0.39 is 5.41 Å². The summed E-state index contributed by atoms with van der Waals surface area (Å²) < 4.78 is 0. The summed E-state index contributed by atoms with van der Waals surface area (Å²) in [7, 11) is 0. The van der Waals surface area contributed by atoms with Gasteiger partial charge in [0.1, 0.15) is 5.41 Å². The van der Waals surface area contributed by atoms with E-state index in [1.807, 2.05) is 11.8 Å². The summed E-state index contributed by atoms with van der Waals surface area (Å²) in [4.78, 5) is 14.7. The molecule has 1 saturated carbocycles. The van der Waals surface area contributed by atoms with Gasteiger partial charge in [-0.05, 0) is 25.7 Å². The highest BCUT2D eigenvalue weighted by Gasteiger charge is 2.41. The van der Waals surface area contributed by atoms with Gasteiger partial charge in [-0.1, -0.05) is 46.0 Å². The minimum absolute atomic E-state index is 0.0831. The summed E-state index contributed by atoms with van der Waals surface area (Å²) in [6, 6.07) is 2.37. The van der Waals surface area contributed by atoms with Gasteiger partial charge in [-0.15, -0.1) is 0 Å². The first kappa shape index (κ1) is 16.0. The third-order valence-corrected chi connectivity index (χ3v) is 4.48. The van der Waals surface area contributed by atoms with Crippen molar-refractivity contribution in [2.24, 2.45) is 11.3 Å². The van der Waals surface area contributed by atoms with E-state index in [-0.39, 0.29) is 5.91 Å². The van der Waals surface area contributed by atoms with Crippen LogP contribution < -0.4 is 0 Å². The molecule has 1 unspecified atom stereocenters. The van der Waals surface area contributed by atoms with Gasteiger partial charge in [0, 0.05) is 13.1 Å². The van der Waals surface area contributed by atoms with E-state index in [1.165, 1.54) is 0 Å². The predicted octanol–water partition coefficient (Wildman–Crippen LogP) is 3.75. The maximum atomic E-state index is 12.8. The van der Waals surface area contributed by atoms with Gasteiger partial charge >= 0.3 is 0 Å². The summed E-state index contributed by atoms with van der Waals surface area (Å²) in [6.45, 7) is 7.83. The van der Waals surface area contributed by atoms with Crippen LogP contribution in [-0.4, -0.2) is 23.9 Å². The first-order chi connectivity index (χ1) is 9.09. The number of carbonyl (C=O) groups is 1. The van der Waals surface area contributed by atoms with E-state index in [1.54, 1.807) is 0 Å². The number of hydrogen-bond acceptors (Lipinski definition) is 2. The van der Waals surface area contributed by atoms with Crippen LogP contribution in [0.2, 0.25) is 0 Å². The Bertz CT molecular complexity index is 324. The maximum absolute atomic E-state index is 12.8. The SMILES string of the molecule is CCC(C)CN(CC)C(=O)C1(C#N)CCCCCC1. The normalized spacial score (nSPS) is 20.1. The molecule has 108 valence electrons. The van der Waals surface area contributed by atoms with E-state index in [2.05, 4.69) is 19.9 Å². The molecule has 0 aromatic heterocycles. The van der Waals surface area contributed by atoms with E-state index in [0.717, 1.165) is 51.5 Å². The largest absolute Gasteiger partial charge is 0.341 e. The van der Waals surface area contributed by atoms with Gasteiger partial charge in [-0.2, -0.15) is 5.26 Å². The lowest BCUT2D eigenvalue weighted by molar-refractivity contribution is -0.140. The minimum atomic E-state index is -0.736. The van der Waals surface area contributed by atoms with Gasteiger partial charge in [-0.25, -0.2) is 0 Å². The van der Waals surface area contributed by atoms with Crippen LogP contribution in [0.15, 0.2) is 0 Å². The lowest BCUT2D eigenvalue weighted by Crippen LogP contribution is -2.44. The third kappa shape index (κ3) is 3.96. The Hall–Kier alpha value is -1.04. The highest BCUT2D eigenvalue weighted by atomic mass is 16.2. The Morgan fingerprint density at radius 1 is 1.26 bits per heavy atom. The van der Waals surface area contributed by atoms with Crippen LogP contribution >= 0.6 is 0 Å². The summed E-state index contributed by atoms with van der Waals surface area (Å²) >= 11 is 0. The minimum Gasteiger partial charge on any atom is -0.341 e. The predicted molar refractivity (Wildman–Crippen MR) is 77.5 cm³/mol. The molecule has 1 fully saturated rings. The van der Waals surface area contributed by atoms with Crippen molar-refractivity contribution in [3.05, 3.63) is 0 Å². The van der Waals surface area contributed by atoms with Gasteiger partial charge in [0.15, 0.2) is 0 Å². The molecule has 0 spiro atoms. The summed E-state index contributed by atoms with van der Waals surface area (Å²) in [5.74, 6) is 0.588. The van der Waals surface area contributed by atoms with Crippen molar-refractivity contribution in [3.63, 3.8) is 0 Å². The highest BCUT2D eigenvalue weighted by Crippen LogP contribution is 2.36. The molecule has 0 aromatic rings. The quantitative estimate of drug-likeness (QED) is 0.710. The van der Waals surface area contributed by atoms with E-state index in [0.29, 0.717) is 12.5 Å². The van der Waals surface area contributed by atoms with Crippen molar-refractivity contribution in [3.8, 4) is 6.07 Å². The monoisotopic (exact) mass is 264 g/mol. The molecule has 19 heavy (non-hydrogen) atoms. The Labute approximate surface area is 118 Å². The summed E-state index contributed by atoms with van der Waals surface area (Å²) in [6.07, 6.45) is 6.92. The van der Waals surface area contributed by atoms with Crippen molar-refractivity contribution in [2.75, 3.05) is 13.1 Å². The first-order valence-electron chi connectivity index (χ1n) is 7.80. The molecule has 3 nitrogen and oxygen atoms in total. The lowest BCUT2D eigenvalue weighted by Gasteiger charge is -2.32. The highest BCUT2D eigenvalue weighted by molar-refractivity contribution is 5.85. The van der Waals surface area contributed by atoms with Crippen LogP contribution in [0, 0.1) is 22.7 Å². The van der Waals surface area contributed by atoms with Gasteiger partial charge in [0.05, 0.1) is 6.07 Å². The van der Waals surface area contributed by atoms with Crippen molar-refractivity contribution in [2.45, 2.75) is 65.7 Å². The van der Waals surface area contributed by atoms with Gasteiger partial charge in [0.25, 0.3) is 0 Å². The molecule has 3 heteroatoms. The van der Waals surface area contributed by atoms with Gasteiger partial charge in [-0.3, -0.25) is 4.79 Å². The molecular formula is C16H28N2O. The molecule has 1 aliphatic carbocycles. The van der Waals surface area contributed by atoms with Crippen molar-refractivity contribution >= 4 is 5.91 Å². The average Bonchev–Trinajstić information content (AvgIpc) is 2.70. The molecule has 0 aliphatic heterocycles. The molecule has 1 atom stereocenters. The molecule has 1 amide bonds. The zero-order valence-electron chi connectivity index (χ0n) is 12.7. The van der Waals surface area contributed by atoms with Crippen LogP contribution in [0.1, 0.15) is 65.7 Å². The molecule has 1 rings (SSSR count). The lowest BCUT2D eigenvalue weighted by atomic mass is 9.80. The number of amides is 1. The standard InChI is InChI=1S/C16H28N2O/c1-4-14(3)12-18(5-2)15(19)16(13-17)10-8-6-7-9-11-16/h14H,4-12H2,1-3H3. The number of carbonyl (C=O) groups excluding carboxylic acids is 1. The Balaban J connectivity index is 2.83. The summed E-state index contributed by atoms with van der Waals surface area (Å²) in [5, 5.41) is 9.58. The van der Waals surface area contributed by atoms with Crippen molar-refractivity contribution < 1.29 is 4.79 Å². The van der Waals surface area contributed by atoms with Gasteiger partial charge in [0.2, 0.25) is 5.91 Å². The van der Waals surface area contributed by atoms with Gasteiger partial charge < -0.3 is 4.90 Å². The molecular weight excluding hydrogens is 236 g/mol. The Kier molecular flexibility index (Phi) is 6.34. The molecule has 1 aliphatic rings. The first-order valence-corrected chi connectivity index (χ1v) is 7.80. The van der Waals surface area contributed by atoms with Crippen molar-refractivity contribution in [1.29, 1.82) is 5.26 Å². The smallest absolute Gasteiger partial charge is 0.243 e. The van der Waals surface area contributed by atoms with Crippen LogP contribution in [0.5, 0.6) is 0 Å². The second-order valence-electron chi connectivity index (χ2n) is 5.97. The molecule has 0 saturated heterocycles. The zero-order valence-corrected chi connectivity index (χ0v) is 12.7. The molecule has 0 N–H and O–H groups in total. The van der Waals surface area contributed by atoms with E-state index in [9.17, 15) is 10.1 Å². The summed E-state index contributed by atoms with van der Waals surface area (Å²) in [5.41, 5.74) is -0.736. The average molecular weight is 264 g/mol.